The van der Waals surface area contributed by atoms with Gasteiger partial charge in [-0.15, -0.1) is 11.3 Å². The lowest BCUT2D eigenvalue weighted by molar-refractivity contribution is -0.573. The highest BCUT2D eigenvalue weighted by molar-refractivity contribution is 7.13. The molecule has 0 radical (unpaired) electrons. The van der Waals surface area contributed by atoms with Crippen LogP contribution in [0.3, 0.4) is 0 Å². The van der Waals surface area contributed by atoms with Gasteiger partial charge in [-0.1, -0.05) is 72.3 Å². The summed E-state index contributed by atoms with van der Waals surface area (Å²) < 4.78 is 0. The minimum absolute atomic E-state index is 0.0831. The number of aromatic nitrogens is 1. The highest BCUT2D eigenvalue weighted by atomic mass is 35.5. The first-order chi connectivity index (χ1) is 17.7. The molecule has 1 N–H and O–H groups in total. The Hall–Kier alpha value is -3.55. The molecule has 0 spiro atoms. The van der Waals surface area contributed by atoms with Gasteiger partial charge in [-0.2, -0.15) is 0 Å². The molecule has 2 bridgehead atoms. The van der Waals surface area contributed by atoms with Crippen LogP contribution in [0.1, 0.15) is 58.3 Å². The Morgan fingerprint density at radius 3 is 2.41 bits per heavy atom. The summed E-state index contributed by atoms with van der Waals surface area (Å²) in [7, 11) is 0. The van der Waals surface area contributed by atoms with Crippen LogP contribution in [0, 0.1) is 22.5 Å². The molecule has 0 aliphatic heterocycles. The molecular weight excluding hydrogens is 506 g/mol. The third kappa shape index (κ3) is 3.52. The molecule has 0 saturated carbocycles. The maximum atomic E-state index is 13.9. The molecule has 37 heavy (non-hydrogen) atoms. The van der Waals surface area contributed by atoms with Crippen molar-refractivity contribution in [2.24, 2.45) is 5.41 Å². The van der Waals surface area contributed by atoms with Crippen molar-refractivity contribution in [2.75, 3.05) is 5.32 Å². The summed E-state index contributed by atoms with van der Waals surface area (Å²) in [6.07, 6.45) is 0.704. The fourth-order valence-corrected chi connectivity index (χ4v) is 7.08. The van der Waals surface area contributed by atoms with Crippen molar-refractivity contribution in [3.8, 4) is 0 Å². The summed E-state index contributed by atoms with van der Waals surface area (Å²) in [4.78, 5) is 31.2. The van der Waals surface area contributed by atoms with Crippen LogP contribution in [0.25, 0.3) is 0 Å². The van der Waals surface area contributed by atoms with Crippen molar-refractivity contribution < 1.29 is 9.72 Å². The van der Waals surface area contributed by atoms with Crippen molar-refractivity contribution in [3.05, 3.63) is 126 Å². The number of amides is 1. The predicted molar refractivity (Wildman–Crippen MR) is 145 cm³/mol. The average molecular weight is 530 g/mol. The van der Waals surface area contributed by atoms with Gasteiger partial charge >= 0.3 is 0 Å². The Bertz CT molecular complexity index is 1530. The van der Waals surface area contributed by atoms with Gasteiger partial charge in [-0.25, -0.2) is 4.98 Å². The number of rotatable bonds is 5. The zero-order chi connectivity index (χ0) is 25.9. The fraction of sp³-hybridized carbons (Fsp3) is 0.241. The van der Waals surface area contributed by atoms with E-state index in [1.54, 1.807) is 0 Å². The second-order valence-electron chi connectivity index (χ2n) is 10.2. The summed E-state index contributed by atoms with van der Waals surface area (Å²) >= 11 is 7.51. The van der Waals surface area contributed by atoms with Gasteiger partial charge in [0, 0.05) is 45.2 Å². The first kappa shape index (κ1) is 23.8. The molecular formula is C29H24ClN3O3S. The number of fused-ring (bicyclic) bond motifs is 1. The van der Waals surface area contributed by atoms with Crippen LogP contribution in [0.4, 0.5) is 5.13 Å². The molecule has 1 unspecified atom stereocenters. The first-order valence-corrected chi connectivity index (χ1v) is 13.3. The van der Waals surface area contributed by atoms with Crippen molar-refractivity contribution >= 4 is 34.0 Å². The summed E-state index contributed by atoms with van der Waals surface area (Å²) in [5.41, 5.74) is 3.48. The number of nitrogens with zero attached hydrogens (tertiary/aromatic N) is 2. The van der Waals surface area contributed by atoms with Crippen LogP contribution >= 0.6 is 22.9 Å². The smallest absolute Gasteiger partial charge is 0.273 e. The minimum Gasteiger partial charge on any atom is -0.301 e. The van der Waals surface area contributed by atoms with E-state index in [0.717, 1.165) is 33.0 Å². The van der Waals surface area contributed by atoms with Crippen LogP contribution in [-0.2, 0) is 16.8 Å². The summed E-state index contributed by atoms with van der Waals surface area (Å²) in [5.74, 6) is -0.547. The molecule has 4 aromatic rings. The molecule has 0 saturated heterocycles. The normalized spacial score (nSPS) is 23.3. The van der Waals surface area contributed by atoms with E-state index in [-0.39, 0.29) is 23.2 Å². The topological polar surface area (TPSA) is 85.1 Å². The van der Waals surface area contributed by atoms with Gasteiger partial charge in [0.15, 0.2) is 5.13 Å². The van der Waals surface area contributed by atoms with Gasteiger partial charge in [0.1, 0.15) is 0 Å². The number of thiazole rings is 1. The number of halogens is 1. The van der Waals surface area contributed by atoms with E-state index in [2.05, 4.69) is 10.3 Å². The molecule has 1 heterocycles. The molecule has 1 amide bonds. The first-order valence-electron chi connectivity index (χ1n) is 12.1. The zero-order valence-electron chi connectivity index (χ0n) is 20.3. The molecule has 1 atom stereocenters. The van der Waals surface area contributed by atoms with Crippen LogP contribution in [-0.4, -0.2) is 15.8 Å². The molecule has 7 rings (SSSR count). The number of nitro groups is 1. The maximum absolute atomic E-state index is 13.9. The van der Waals surface area contributed by atoms with Gasteiger partial charge in [0.25, 0.3) is 5.54 Å². The van der Waals surface area contributed by atoms with Crippen LogP contribution in [0.5, 0.6) is 0 Å². The Morgan fingerprint density at radius 1 is 1.14 bits per heavy atom. The number of hydrogen-bond acceptors (Lipinski definition) is 5. The zero-order valence-corrected chi connectivity index (χ0v) is 21.9. The second-order valence-corrected chi connectivity index (χ2v) is 11.4. The van der Waals surface area contributed by atoms with Gasteiger partial charge in [0.2, 0.25) is 5.91 Å². The van der Waals surface area contributed by atoms with E-state index < -0.39 is 11.0 Å². The van der Waals surface area contributed by atoms with Gasteiger partial charge < -0.3 is 5.32 Å². The lowest BCUT2D eigenvalue weighted by atomic mass is 9.49. The number of aryl methyl sites for hydroxylation is 1. The molecule has 3 aromatic carbocycles. The molecule has 6 nitrogen and oxygen atoms in total. The third-order valence-corrected chi connectivity index (χ3v) is 9.14. The molecule has 0 fully saturated rings. The van der Waals surface area contributed by atoms with Crippen LogP contribution in [0.2, 0.25) is 5.02 Å². The summed E-state index contributed by atoms with van der Waals surface area (Å²) in [6.45, 7) is 3.81. The molecule has 8 heteroatoms. The number of hydrogen-bond donors (Lipinski definition) is 1. The predicted octanol–water partition coefficient (Wildman–Crippen LogP) is 6.71. The van der Waals surface area contributed by atoms with Crippen LogP contribution < -0.4 is 5.32 Å². The highest BCUT2D eigenvalue weighted by Crippen LogP contribution is 2.64. The van der Waals surface area contributed by atoms with Gasteiger partial charge in [-0.3, -0.25) is 14.9 Å². The standard InChI is InChI=1S/C29H24ClN3O3S/c1-17-13-18(11-12-24(17)30)14-19-15-37-27(31-19)32-26(34)28(2)16-29(33(35)36)22-9-5-3-7-20(22)25(28)21-8-4-6-10-23(21)29/h3-13,15,25H,14,16H2,1-2H3,(H,31,32,34). The number of nitrogens with one attached hydrogen (secondary N) is 1. The lowest BCUT2D eigenvalue weighted by Crippen LogP contribution is -2.57. The number of carbonyl (C=O) groups is 1. The fourth-order valence-electron chi connectivity index (χ4n) is 6.26. The Balaban J connectivity index is 1.35. The van der Waals surface area contributed by atoms with Gasteiger partial charge in [0.05, 0.1) is 11.1 Å². The number of carbonyl (C=O) groups excluding carboxylic acids is 1. The number of anilines is 1. The molecule has 3 aliphatic carbocycles. The lowest BCUT2D eigenvalue weighted by Gasteiger charge is -2.52. The Morgan fingerprint density at radius 2 is 1.78 bits per heavy atom. The monoisotopic (exact) mass is 529 g/mol. The highest BCUT2D eigenvalue weighted by Gasteiger charge is 2.67. The Kier molecular flexibility index (Phi) is 5.47. The van der Waals surface area contributed by atoms with E-state index in [4.69, 9.17) is 11.6 Å². The summed E-state index contributed by atoms with van der Waals surface area (Å²) in [6, 6.07) is 20.9. The molecule has 3 aliphatic rings. The average Bonchev–Trinajstić information content (AvgIpc) is 3.32. The van der Waals surface area contributed by atoms with Crippen molar-refractivity contribution in [1.82, 2.24) is 4.98 Å². The van der Waals surface area contributed by atoms with E-state index in [0.29, 0.717) is 22.7 Å². The van der Waals surface area contributed by atoms with Crippen LogP contribution in [0.15, 0.2) is 72.1 Å². The molecule has 1 aromatic heterocycles. The third-order valence-electron chi connectivity index (χ3n) is 7.91. The largest absolute Gasteiger partial charge is 0.301 e. The summed E-state index contributed by atoms with van der Waals surface area (Å²) in [5, 5.41) is 19.0. The minimum atomic E-state index is -1.48. The van der Waals surface area contributed by atoms with Crippen molar-refractivity contribution in [1.29, 1.82) is 0 Å². The Labute approximate surface area is 223 Å². The quantitative estimate of drug-likeness (QED) is 0.230. The van der Waals surface area contributed by atoms with Gasteiger partial charge in [-0.05, 0) is 42.2 Å². The van der Waals surface area contributed by atoms with Crippen molar-refractivity contribution in [2.45, 2.75) is 38.1 Å². The van der Waals surface area contributed by atoms with E-state index in [9.17, 15) is 14.9 Å². The maximum Gasteiger partial charge on any atom is 0.273 e. The van der Waals surface area contributed by atoms with E-state index in [1.807, 2.05) is 86.0 Å². The van der Waals surface area contributed by atoms with E-state index in [1.165, 1.54) is 11.3 Å². The van der Waals surface area contributed by atoms with Crippen molar-refractivity contribution in [3.63, 3.8) is 0 Å². The van der Waals surface area contributed by atoms with E-state index >= 15 is 0 Å². The second kappa shape index (κ2) is 8.50. The molecule has 186 valence electrons. The SMILES string of the molecule is Cc1cc(Cc2csc(NC(=O)C3(C)CC4([N+](=O)[O-])c5ccccc5C3c3ccccc34)n2)ccc1Cl. The number of benzene rings is 3.